The molecule has 0 amide bonds. The second-order valence-electron chi connectivity index (χ2n) is 4.75. The van der Waals surface area contributed by atoms with Crippen LogP contribution in [0, 0.1) is 10.6 Å². The summed E-state index contributed by atoms with van der Waals surface area (Å²) >= 11 is 5.27. The number of aromatic nitrogens is 2. The first kappa shape index (κ1) is 13.2. The molecule has 3 nitrogen and oxygen atoms in total. The molecule has 0 bridgehead atoms. The van der Waals surface area contributed by atoms with Crippen LogP contribution in [0.4, 0.5) is 4.39 Å². The zero-order chi connectivity index (χ0) is 13.1. The molecular formula is C13H18FN3S. The van der Waals surface area contributed by atoms with Gasteiger partial charge in [0.1, 0.15) is 5.82 Å². The monoisotopic (exact) mass is 267 g/mol. The molecule has 98 valence electrons. The number of hydrogen-bond donors (Lipinski definition) is 1. The molecule has 0 aliphatic heterocycles. The van der Waals surface area contributed by atoms with E-state index in [0.29, 0.717) is 4.77 Å². The average molecular weight is 267 g/mol. The number of aromatic amines is 1. The number of nitrogens with one attached hydrogen (secondary N) is 1. The molecule has 0 saturated heterocycles. The van der Waals surface area contributed by atoms with Crippen LogP contribution in [0.5, 0.6) is 0 Å². The zero-order valence-electron chi connectivity index (χ0n) is 10.7. The van der Waals surface area contributed by atoms with E-state index in [2.05, 4.69) is 24.0 Å². The van der Waals surface area contributed by atoms with E-state index in [-0.39, 0.29) is 5.82 Å². The third-order valence-corrected chi connectivity index (χ3v) is 3.30. The van der Waals surface area contributed by atoms with E-state index in [1.807, 2.05) is 4.57 Å². The SMILES string of the molecule is CN(C)CCCCn1c(=S)[nH]c2ccc(F)cc21. The predicted octanol–water partition coefficient (Wildman–Crippen LogP) is 3.18. The van der Waals surface area contributed by atoms with Gasteiger partial charge in [-0.25, -0.2) is 4.39 Å². The van der Waals surface area contributed by atoms with Gasteiger partial charge in [0.2, 0.25) is 0 Å². The molecule has 1 N–H and O–H groups in total. The minimum absolute atomic E-state index is 0.224. The van der Waals surface area contributed by atoms with Gasteiger partial charge in [0.05, 0.1) is 11.0 Å². The summed E-state index contributed by atoms with van der Waals surface area (Å²) in [4.78, 5) is 5.27. The molecule has 0 aliphatic rings. The fraction of sp³-hybridized carbons (Fsp3) is 0.462. The molecule has 18 heavy (non-hydrogen) atoms. The van der Waals surface area contributed by atoms with Gasteiger partial charge in [-0.2, -0.15) is 0 Å². The Morgan fingerprint density at radius 3 is 2.83 bits per heavy atom. The van der Waals surface area contributed by atoms with E-state index < -0.39 is 0 Å². The first-order valence-electron chi connectivity index (χ1n) is 6.11. The van der Waals surface area contributed by atoms with Crippen LogP contribution in [-0.2, 0) is 6.54 Å². The van der Waals surface area contributed by atoms with Crippen LogP contribution in [0.2, 0.25) is 0 Å². The van der Waals surface area contributed by atoms with Gasteiger partial charge in [-0.05, 0) is 63.9 Å². The molecule has 2 rings (SSSR count). The molecule has 0 unspecified atom stereocenters. The van der Waals surface area contributed by atoms with Crippen molar-refractivity contribution in [2.75, 3.05) is 20.6 Å². The van der Waals surface area contributed by atoms with Crippen molar-refractivity contribution in [1.82, 2.24) is 14.5 Å². The lowest BCUT2D eigenvalue weighted by Crippen LogP contribution is -2.13. The van der Waals surface area contributed by atoms with Gasteiger partial charge in [0.15, 0.2) is 4.77 Å². The van der Waals surface area contributed by atoms with Crippen molar-refractivity contribution in [2.45, 2.75) is 19.4 Å². The van der Waals surface area contributed by atoms with Crippen molar-refractivity contribution in [3.05, 3.63) is 28.8 Å². The summed E-state index contributed by atoms with van der Waals surface area (Å²) < 4.78 is 15.9. The highest BCUT2D eigenvalue weighted by Crippen LogP contribution is 2.16. The number of fused-ring (bicyclic) bond motifs is 1. The average Bonchev–Trinajstić information content (AvgIpc) is 2.60. The number of hydrogen-bond acceptors (Lipinski definition) is 2. The molecule has 1 heterocycles. The number of aryl methyl sites for hydroxylation is 1. The Kier molecular flexibility index (Phi) is 4.14. The van der Waals surface area contributed by atoms with Crippen molar-refractivity contribution in [3.8, 4) is 0 Å². The number of H-pyrrole nitrogens is 1. The molecule has 5 heteroatoms. The third kappa shape index (κ3) is 2.97. The second kappa shape index (κ2) is 5.63. The van der Waals surface area contributed by atoms with Crippen LogP contribution in [-0.4, -0.2) is 35.1 Å². The first-order valence-corrected chi connectivity index (χ1v) is 6.51. The van der Waals surface area contributed by atoms with E-state index in [1.54, 1.807) is 6.07 Å². The molecule has 0 spiro atoms. The fourth-order valence-electron chi connectivity index (χ4n) is 2.05. The minimum Gasteiger partial charge on any atom is -0.331 e. The molecule has 0 atom stereocenters. The van der Waals surface area contributed by atoms with Crippen molar-refractivity contribution < 1.29 is 4.39 Å². The van der Waals surface area contributed by atoms with E-state index in [9.17, 15) is 4.39 Å². The standard InChI is InChI=1S/C13H18FN3S/c1-16(2)7-3-4-8-17-12-9-10(14)5-6-11(12)15-13(17)18/h5-6,9H,3-4,7-8H2,1-2H3,(H,15,18). The van der Waals surface area contributed by atoms with E-state index in [1.165, 1.54) is 12.1 Å². The zero-order valence-corrected chi connectivity index (χ0v) is 11.6. The number of halogens is 1. The minimum atomic E-state index is -0.224. The summed E-state index contributed by atoms with van der Waals surface area (Å²) in [6, 6.07) is 4.72. The highest BCUT2D eigenvalue weighted by Gasteiger charge is 2.05. The molecule has 1 aromatic carbocycles. The Balaban J connectivity index is 2.14. The summed E-state index contributed by atoms with van der Waals surface area (Å²) in [5.41, 5.74) is 1.75. The molecule has 0 aliphatic carbocycles. The highest BCUT2D eigenvalue weighted by molar-refractivity contribution is 7.71. The fourth-order valence-corrected chi connectivity index (χ4v) is 2.35. The summed E-state index contributed by atoms with van der Waals surface area (Å²) in [5.74, 6) is -0.224. The third-order valence-electron chi connectivity index (χ3n) is 2.97. The Morgan fingerprint density at radius 1 is 1.33 bits per heavy atom. The van der Waals surface area contributed by atoms with Gasteiger partial charge in [0.25, 0.3) is 0 Å². The van der Waals surface area contributed by atoms with Crippen molar-refractivity contribution >= 4 is 23.3 Å². The topological polar surface area (TPSA) is 24.0 Å². The largest absolute Gasteiger partial charge is 0.331 e. The smallest absolute Gasteiger partial charge is 0.178 e. The van der Waals surface area contributed by atoms with Crippen LogP contribution in [0.3, 0.4) is 0 Å². The van der Waals surface area contributed by atoms with Gasteiger partial charge in [-0.3, -0.25) is 0 Å². The Bertz CT molecular complexity index is 585. The van der Waals surface area contributed by atoms with Gasteiger partial charge in [-0.15, -0.1) is 0 Å². The van der Waals surface area contributed by atoms with Gasteiger partial charge < -0.3 is 14.5 Å². The molecular weight excluding hydrogens is 249 g/mol. The molecule has 0 fully saturated rings. The summed E-state index contributed by atoms with van der Waals surface area (Å²) in [7, 11) is 4.12. The quantitative estimate of drug-likeness (QED) is 0.664. The van der Waals surface area contributed by atoms with E-state index in [0.717, 1.165) is 37.0 Å². The lowest BCUT2D eigenvalue weighted by molar-refractivity contribution is 0.388. The van der Waals surface area contributed by atoms with Crippen LogP contribution < -0.4 is 0 Å². The van der Waals surface area contributed by atoms with Gasteiger partial charge in [-0.1, -0.05) is 0 Å². The molecule has 2 aromatic rings. The summed E-state index contributed by atoms with van der Waals surface area (Å²) in [6.07, 6.45) is 2.15. The van der Waals surface area contributed by atoms with Crippen LogP contribution >= 0.6 is 12.2 Å². The maximum absolute atomic E-state index is 13.3. The number of unbranched alkanes of at least 4 members (excludes halogenated alkanes) is 1. The Labute approximate surface area is 111 Å². The van der Waals surface area contributed by atoms with Crippen LogP contribution in [0.1, 0.15) is 12.8 Å². The van der Waals surface area contributed by atoms with Crippen molar-refractivity contribution in [1.29, 1.82) is 0 Å². The second-order valence-corrected chi connectivity index (χ2v) is 5.14. The lowest BCUT2D eigenvalue weighted by Gasteiger charge is -2.09. The van der Waals surface area contributed by atoms with Crippen molar-refractivity contribution in [2.24, 2.45) is 0 Å². The van der Waals surface area contributed by atoms with Gasteiger partial charge >= 0.3 is 0 Å². The van der Waals surface area contributed by atoms with Gasteiger partial charge in [0, 0.05) is 6.54 Å². The molecule has 0 radical (unpaired) electrons. The van der Waals surface area contributed by atoms with Crippen LogP contribution in [0.25, 0.3) is 11.0 Å². The Hall–Kier alpha value is -1.20. The lowest BCUT2D eigenvalue weighted by atomic mass is 10.2. The normalized spacial score (nSPS) is 11.6. The predicted molar refractivity (Wildman–Crippen MR) is 74.9 cm³/mol. The van der Waals surface area contributed by atoms with Crippen LogP contribution in [0.15, 0.2) is 18.2 Å². The maximum atomic E-state index is 13.3. The highest BCUT2D eigenvalue weighted by atomic mass is 32.1. The number of benzene rings is 1. The van der Waals surface area contributed by atoms with Crippen molar-refractivity contribution in [3.63, 3.8) is 0 Å². The number of imidazole rings is 1. The maximum Gasteiger partial charge on any atom is 0.178 e. The van der Waals surface area contributed by atoms with E-state index in [4.69, 9.17) is 12.2 Å². The molecule has 0 saturated carbocycles. The summed E-state index contributed by atoms with van der Waals surface area (Å²) in [6.45, 7) is 1.89. The Morgan fingerprint density at radius 2 is 2.11 bits per heavy atom. The molecule has 1 aromatic heterocycles. The van der Waals surface area contributed by atoms with E-state index >= 15 is 0 Å². The number of nitrogens with zero attached hydrogens (tertiary/aromatic N) is 2. The first-order chi connectivity index (χ1) is 8.58. The number of rotatable bonds is 5. The summed E-state index contributed by atoms with van der Waals surface area (Å²) in [5, 5.41) is 0.